The Balaban J connectivity index is 1.53. The van der Waals surface area contributed by atoms with Crippen LogP contribution in [0.25, 0.3) is 0 Å². The number of amides is 1. The second kappa shape index (κ2) is 6.69. The van der Waals surface area contributed by atoms with Crippen molar-refractivity contribution in [2.45, 2.75) is 25.2 Å². The molecule has 0 aromatic heterocycles. The number of ether oxygens (including phenoxy) is 1. The van der Waals surface area contributed by atoms with Gasteiger partial charge in [0, 0.05) is 34.8 Å². The summed E-state index contributed by atoms with van der Waals surface area (Å²) in [5, 5.41) is 0. The van der Waals surface area contributed by atoms with Gasteiger partial charge in [-0.2, -0.15) is 0 Å². The molecule has 1 amide bonds. The number of hydrogen-bond acceptors (Lipinski definition) is 2. The fourth-order valence-corrected chi connectivity index (χ4v) is 4.05. The Morgan fingerprint density at radius 1 is 1.17 bits per heavy atom. The third-order valence-corrected chi connectivity index (χ3v) is 5.46. The second-order valence-corrected chi connectivity index (χ2v) is 7.43. The van der Waals surface area contributed by atoms with Gasteiger partial charge in [-0.25, -0.2) is 0 Å². The van der Waals surface area contributed by atoms with E-state index in [2.05, 4.69) is 34.1 Å². The molecule has 0 spiro atoms. The minimum atomic E-state index is 0.0857. The van der Waals surface area contributed by atoms with E-state index in [0.29, 0.717) is 5.92 Å². The number of benzene rings is 2. The predicted octanol–water partition coefficient (Wildman–Crippen LogP) is 4.55. The van der Waals surface area contributed by atoms with E-state index in [1.54, 1.807) is 0 Å². The van der Waals surface area contributed by atoms with Crippen molar-refractivity contribution in [1.82, 2.24) is 0 Å². The zero-order valence-electron chi connectivity index (χ0n) is 13.5. The Kier molecular flexibility index (Phi) is 4.42. The van der Waals surface area contributed by atoms with Gasteiger partial charge in [0.2, 0.25) is 0 Å². The number of carbonyl (C=O) groups is 1. The summed E-state index contributed by atoms with van der Waals surface area (Å²) in [6.07, 6.45) is 3.20. The Morgan fingerprint density at radius 2 is 2.00 bits per heavy atom. The van der Waals surface area contributed by atoms with Gasteiger partial charge in [-0.3, -0.25) is 4.79 Å². The van der Waals surface area contributed by atoms with Crippen LogP contribution in [0.1, 0.15) is 40.2 Å². The maximum atomic E-state index is 12.9. The van der Waals surface area contributed by atoms with Crippen molar-refractivity contribution < 1.29 is 9.53 Å². The van der Waals surface area contributed by atoms with E-state index < -0.39 is 0 Å². The van der Waals surface area contributed by atoms with E-state index in [-0.39, 0.29) is 5.91 Å². The zero-order chi connectivity index (χ0) is 16.5. The van der Waals surface area contributed by atoms with E-state index in [1.165, 1.54) is 17.5 Å². The van der Waals surface area contributed by atoms with Crippen molar-refractivity contribution in [2.24, 2.45) is 0 Å². The first-order valence-electron chi connectivity index (χ1n) is 8.50. The summed E-state index contributed by atoms with van der Waals surface area (Å²) in [7, 11) is 0. The van der Waals surface area contributed by atoms with Gasteiger partial charge < -0.3 is 9.64 Å². The van der Waals surface area contributed by atoms with Crippen LogP contribution in [0.2, 0.25) is 0 Å². The molecule has 0 N–H and O–H groups in total. The number of rotatable bonds is 2. The van der Waals surface area contributed by atoms with Gasteiger partial charge in [-0.15, -0.1) is 0 Å². The van der Waals surface area contributed by atoms with Crippen LogP contribution >= 0.6 is 15.9 Å². The highest BCUT2D eigenvalue weighted by molar-refractivity contribution is 9.10. The summed E-state index contributed by atoms with van der Waals surface area (Å²) in [5.74, 6) is 0.551. The van der Waals surface area contributed by atoms with Gasteiger partial charge in [0.1, 0.15) is 0 Å². The number of carbonyl (C=O) groups excluding carboxylic acids is 1. The number of hydrogen-bond donors (Lipinski definition) is 0. The van der Waals surface area contributed by atoms with Crippen molar-refractivity contribution in [3.05, 3.63) is 63.6 Å². The van der Waals surface area contributed by atoms with E-state index in [1.807, 2.05) is 29.2 Å². The minimum Gasteiger partial charge on any atom is -0.381 e. The largest absolute Gasteiger partial charge is 0.381 e. The van der Waals surface area contributed by atoms with Crippen molar-refractivity contribution in [3.8, 4) is 0 Å². The Hall–Kier alpha value is -1.65. The lowest BCUT2D eigenvalue weighted by atomic mass is 9.93. The van der Waals surface area contributed by atoms with Gasteiger partial charge in [-0.05, 0) is 60.7 Å². The number of fused-ring (bicyclic) bond motifs is 1. The first-order valence-corrected chi connectivity index (χ1v) is 9.30. The predicted molar refractivity (Wildman–Crippen MR) is 98.8 cm³/mol. The van der Waals surface area contributed by atoms with Gasteiger partial charge in [-0.1, -0.05) is 28.1 Å². The van der Waals surface area contributed by atoms with Crippen LogP contribution < -0.4 is 4.90 Å². The molecular formula is C20H20BrNO2. The normalized spacial score (nSPS) is 20.0. The third-order valence-electron chi connectivity index (χ3n) is 4.97. The molecule has 2 aliphatic rings. The van der Waals surface area contributed by atoms with Crippen LogP contribution in [-0.2, 0) is 11.2 Å². The molecule has 1 unspecified atom stereocenters. The molecule has 24 heavy (non-hydrogen) atoms. The van der Waals surface area contributed by atoms with E-state index in [0.717, 1.165) is 48.3 Å². The highest BCUT2D eigenvalue weighted by atomic mass is 79.9. The fourth-order valence-electron chi connectivity index (χ4n) is 3.64. The molecule has 0 aliphatic carbocycles. The molecule has 3 nitrogen and oxygen atoms in total. The minimum absolute atomic E-state index is 0.0857. The van der Waals surface area contributed by atoms with Crippen molar-refractivity contribution in [3.63, 3.8) is 0 Å². The Bertz CT molecular complexity index is 751. The number of anilines is 1. The van der Waals surface area contributed by atoms with Crippen LogP contribution in [0, 0.1) is 0 Å². The quantitative estimate of drug-likeness (QED) is 0.758. The number of nitrogens with zero attached hydrogens (tertiary/aromatic N) is 1. The molecule has 4 heteroatoms. The first-order chi connectivity index (χ1) is 11.7. The molecular weight excluding hydrogens is 366 g/mol. The van der Waals surface area contributed by atoms with Crippen LogP contribution in [0.3, 0.4) is 0 Å². The molecule has 124 valence electrons. The molecule has 4 rings (SSSR count). The highest BCUT2D eigenvalue weighted by Crippen LogP contribution is 2.32. The molecule has 2 aromatic carbocycles. The van der Waals surface area contributed by atoms with Crippen LogP contribution in [0.4, 0.5) is 5.69 Å². The lowest BCUT2D eigenvalue weighted by Gasteiger charge is -2.23. The molecule has 1 atom stereocenters. The van der Waals surface area contributed by atoms with E-state index >= 15 is 0 Å². The maximum absolute atomic E-state index is 12.9. The Morgan fingerprint density at radius 3 is 2.75 bits per heavy atom. The highest BCUT2D eigenvalue weighted by Gasteiger charge is 2.26. The molecule has 2 aromatic rings. The monoisotopic (exact) mass is 385 g/mol. The van der Waals surface area contributed by atoms with Crippen LogP contribution in [0.15, 0.2) is 46.9 Å². The molecule has 0 radical (unpaired) electrons. The molecule has 2 heterocycles. The number of halogens is 1. The summed E-state index contributed by atoms with van der Waals surface area (Å²) in [6, 6.07) is 14.2. The van der Waals surface area contributed by atoms with Crippen molar-refractivity contribution in [1.29, 1.82) is 0 Å². The van der Waals surface area contributed by atoms with Crippen LogP contribution in [-0.4, -0.2) is 25.7 Å². The smallest absolute Gasteiger partial charge is 0.258 e. The third kappa shape index (κ3) is 3.01. The SMILES string of the molecule is O=C(c1ccc(C2CCCOC2)cc1)N1CCc2cc(Br)ccc21. The molecule has 0 bridgehead atoms. The summed E-state index contributed by atoms with van der Waals surface area (Å²) >= 11 is 3.50. The maximum Gasteiger partial charge on any atom is 0.258 e. The standard InChI is InChI=1S/C20H20BrNO2/c21-18-7-8-19-16(12-18)9-10-22(19)20(23)15-5-3-14(4-6-15)17-2-1-11-24-13-17/h3-8,12,17H,1-2,9-11,13H2. The molecule has 1 fully saturated rings. The van der Waals surface area contributed by atoms with Crippen LogP contribution in [0.5, 0.6) is 0 Å². The average molecular weight is 386 g/mol. The second-order valence-electron chi connectivity index (χ2n) is 6.52. The van der Waals surface area contributed by atoms with Crippen molar-refractivity contribution >= 4 is 27.5 Å². The lowest BCUT2D eigenvalue weighted by Crippen LogP contribution is -2.28. The first kappa shape index (κ1) is 15.9. The van der Waals surface area contributed by atoms with Gasteiger partial charge in [0.15, 0.2) is 0 Å². The zero-order valence-corrected chi connectivity index (χ0v) is 15.1. The van der Waals surface area contributed by atoms with E-state index in [4.69, 9.17) is 4.74 Å². The summed E-state index contributed by atoms with van der Waals surface area (Å²) in [4.78, 5) is 14.8. The average Bonchev–Trinajstić information content (AvgIpc) is 3.05. The van der Waals surface area contributed by atoms with E-state index in [9.17, 15) is 4.79 Å². The summed E-state index contributed by atoms with van der Waals surface area (Å²) in [6.45, 7) is 2.42. The fraction of sp³-hybridized carbons (Fsp3) is 0.350. The summed E-state index contributed by atoms with van der Waals surface area (Å²) in [5.41, 5.74) is 4.30. The summed E-state index contributed by atoms with van der Waals surface area (Å²) < 4.78 is 6.63. The topological polar surface area (TPSA) is 29.5 Å². The Labute approximate surface area is 150 Å². The van der Waals surface area contributed by atoms with Crippen molar-refractivity contribution in [2.75, 3.05) is 24.7 Å². The molecule has 1 saturated heterocycles. The molecule has 0 saturated carbocycles. The van der Waals surface area contributed by atoms with Gasteiger partial charge >= 0.3 is 0 Å². The van der Waals surface area contributed by atoms with Gasteiger partial charge in [0.25, 0.3) is 5.91 Å². The van der Waals surface area contributed by atoms with Gasteiger partial charge in [0.05, 0.1) is 6.61 Å². The molecule has 2 aliphatic heterocycles. The lowest BCUT2D eigenvalue weighted by molar-refractivity contribution is 0.0804.